The van der Waals surface area contributed by atoms with E-state index in [1.54, 1.807) is 24.5 Å². The van der Waals surface area contributed by atoms with Crippen LogP contribution in [0, 0.1) is 0 Å². The average molecular weight is 345 g/mol. The highest BCUT2D eigenvalue weighted by Crippen LogP contribution is 2.57. The zero-order chi connectivity index (χ0) is 16.0. The molecule has 0 amide bonds. The van der Waals surface area contributed by atoms with Gasteiger partial charge in [0.1, 0.15) is 5.41 Å². The quantitative estimate of drug-likeness (QED) is 0.721. The minimum absolute atomic E-state index is 0.116. The maximum Gasteiger partial charge on any atom is 0.403 e. The Bertz CT molecular complexity index is 658. The van der Waals surface area contributed by atoms with Gasteiger partial charge in [0.25, 0.3) is 0 Å². The number of alkyl halides is 3. The number of fused-ring (bicyclic) bond motifs is 2. The van der Waals surface area contributed by atoms with E-state index >= 15 is 0 Å². The lowest BCUT2D eigenvalue weighted by Gasteiger charge is -2.43. The van der Waals surface area contributed by atoms with E-state index in [0.717, 1.165) is 11.8 Å². The third kappa shape index (κ3) is 2.01. The van der Waals surface area contributed by atoms with Gasteiger partial charge in [-0.25, -0.2) is 0 Å². The summed E-state index contributed by atoms with van der Waals surface area (Å²) in [5.41, 5.74) is -1.17. The van der Waals surface area contributed by atoms with E-state index in [9.17, 15) is 13.2 Å². The summed E-state index contributed by atoms with van der Waals surface area (Å²) in [6, 6.07) is 7.79. The minimum Gasteiger partial charge on any atom is -0.262 e. The number of aromatic nitrogens is 1. The first-order valence-corrected chi connectivity index (χ1v) is 8.22. The fraction of sp³-hybridized carbons (Fsp3) is 0.267. The molecule has 0 spiro atoms. The Morgan fingerprint density at radius 2 is 1.86 bits per heavy atom. The highest BCUT2D eigenvalue weighted by atomic mass is 35.5. The van der Waals surface area contributed by atoms with E-state index in [2.05, 4.69) is 4.98 Å². The van der Waals surface area contributed by atoms with Crippen molar-refractivity contribution >= 4 is 34.9 Å². The van der Waals surface area contributed by atoms with Crippen LogP contribution < -0.4 is 4.42 Å². The molecule has 1 aliphatic rings. The standard InChI is InChI=1S/C15H12ClF3N2S/c1-22-9-14(15(17,18)19)10-4-2-3-5-12(10)21(16)13-8-20-7-6-11(13)14/h2-8H,9H2,1H3. The van der Waals surface area contributed by atoms with Crippen LogP contribution in [0.15, 0.2) is 42.7 Å². The number of para-hydroxylation sites is 1. The van der Waals surface area contributed by atoms with Gasteiger partial charge in [-0.1, -0.05) is 18.2 Å². The van der Waals surface area contributed by atoms with Gasteiger partial charge in [0.15, 0.2) is 0 Å². The Balaban J connectivity index is 2.41. The van der Waals surface area contributed by atoms with Crippen molar-refractivity contribution in [3.63, 3.8) is 0 Å². The van der Waals surface area contributed by atoms with Gasteiger partial charge in [-0.2, -0.15) is 24.9 Å². The third-order valence-electron chi connectivity index (χ3n) is 3.89. The molecule has 3 rings (SSSR count). The molecule has 0 bridgehead atoms. The molecule has 116 valence electrons. The van der Waals surface area contributed by atoms with Crippen molar-refractivity contribution in [2.45, 2.75) is 11.6 Å². The zero-order valence-corrected chi connectivity index (χ0v) is 13.1. The van der Waals surface area contributed by atoms with Crippen molar-refractivity contribution in [3.8, 4) is 0 Å². The normalized spacial score (nSPS) is 20.5. The van der Waals surface area contributed by atoms with Crippen LogP contribution in [-0.4, -0.2) is 23.2 Å². The van der Waals surface area contributed by atoms with Crippen LogP contribution in [0.2, 0.25) is 0 Å². The molecule has 0 N–H and O–H groups in total. The second-order valence-corrected chi connectivity index (χ2v) is 6.23. The molecule has 0 aliphatic carbocycles. The van der Waals surface area contributed by atoms with Gasteiger partial charge in [0.05, 0.1) is 17.6 Å². The monoisotopic (exact) mass is 344 g/mol. The summed E-state index contributed by atoms with van der Waals surface area (Å²) in [6.45, 7) is 0. The summed E-state index contributed by atoms with van der Waals surface area (Å²) in [5.74, 6) is -0.116. The molecule has 7 heteroatoms. The van der Waals surface area contributed by atoms with E-state index in [-0.39, 0.29) is 22.6 Å². The zero-order valence-electron chi connectivity index (χ0n) is 11.6. The SMILES string of the molecule is CSCC1(C(F)(F)F)c2ccccc2N(Cl)c2cnccc21. The lowest BCUT2D eigenvalue weighted by atomic mass is 9.72. The van der Waals surface area contributed by atoms with E-state index in [1.807, 2.05) is 0 Å². The van der Waals surface area contributed by atoms with Crippen molar-refractivity contribution in [1.82, 2.24) is 4.98 Å². The van der Waals surface area contributed by atoms with Crippen LogP contribution in [0.25, 0.3) is 0 Å². The van der Waals surface area contributed by atoms with Crippen molar-refractivity contribution in [3.05, 3.63) is 53.9 Å². The molecule has 0 saturated heterocycles. The van der Waals surface area contributed by atoms with Gasteiger partial charge < -0.3 is 0 Å². The number of thioether (sulfide) groups is 1. The molecule has 1 unspecified atom stereocenters. The first-order chi connectivity index (χ1) is 10.4. The number of hydrogen-bond acceptors (Lipinski definition) is 3. The molecule has 2 aromatic rings. The Morgan fingerprint density at radius 3 is 2.55 bits per heavy atom. The second-order valence-electron chi connectivity index (χ2n) is 5.03. The fourth-order valence-corrected chi connectivity index (χ4v) is 4.13. The smallest absolute Gasteiger partial charge is 0.262 e. The van der Waals surface area contributed by atoms with Gasteiger partial charge >= 0.3 is 6.18 Å². The van der Waals surface area contributed by atoms with Gasteiger partial charge in [-0.05, 0) is 24.0 Å². The van der Waals surface area contributed by atoms with Gasteiger partial charge in [0.2, 0.25) is 0 Å². The molecule has 0 saturated carbocycles. The number of pyridine rings is 1. The fourth-order valence-electron chi connectivity index (χ4n) is 2.94. The van der Waals surface area contributed by atoms with Crippen LogP contribution in [0.3, 0.4) is 0 Å². The van der Waals surface area contributed by atoms with E-state index in [4.69, 9.17) is 11.8 Å². The molecule has 1 aromatic carbocycles. The van der Waals surface area contributed by atoms with Crippen LogP contribution >= 0.6 is 23.5 Å². The lowest BCUT2D eigenvalue weighted by molar-refractivity contribution is -0.171. The van der Waals surface area contributed by atoms with Gasteiger partial charge in [0, 0.05) is 29.3 Å². The largest absolute Gasteiger partial charge is 0.403 e. The van der Waals surface area contributed by atoms with Gasteiger partial charge in [-0.15, -0.1) is 0 Å². The number of nitrogens with zero attached hydrogens (tertiary/aromatic N) is 2. The van der Waals surface area contributed by atoms with Crippen molar-refractivity contribution in [1.29, 1.82) is 0 Å². The predicted octanol–water partition coefficient (Wildman–Crippen LogP) is 4.90. The summed E-state index contributed by atoms with van der Waals surface area (Å²) in [7, 11) is 0. The molecule has 1 aromatic heterocycles. The highest BCUT2D eigenvalue weighted by molar-refractivity contribution is 7.98. The summed E-state index contributed by atoms with van der Waals surface area (Å²) in [6.07, 6.45) is -0.0260. The molecular weight excluding hydrogens is 333 g/mol. The molecule has 22 heavy (non-hydrogen) atoms. The Kier molecular flexibility index (Phi) is 3.77. The average Bonchev–Trinajstić information content (AvgIpc) is 2.50. The molecule has 2 heterocycles. The van der Waals surface area contributed by atoms with Crippen molar-refractivity contribution in [2.75, 3.05) is 16.4 Å². The number of rotatable bonds is 2. The summed E-state index contributed by atoms with van der Waals surface area (Å²) in [4.78, 5) is 3.93. The Hall–Kier alpha value is -1.40. The first-order valence-electron chi connectivity index (χ1n) is 6.49. The maximum absolute atomic E-state index is 14.2. The Labute approximate surface area is 135 Å². The maximum atomic E-state index is 14.2. The Morgan fingerprint density at radius 1 is 1.18 bits per heavy atom. The summed E-state index contributed by atoms with van der Waals surface area (Å²) < 4.78 is 43.8. The molecular formula is C15H12ClF3N2S. The van der Waals surface area contributed by atoms with Crippen molar-refractivity contribution < 1.29 is 13.2 Å². The predicted molar refractivity (Wildman–Crippen MR) is 83.9 cm³/mol. The van der Waals surface area contributed by atoms with Crippen LogP contribution in [-0.2, 0) is 5.41 Å². The second kappa shape index (κ2) is 5.35. The number of benzene rings is 1. The van der Waals surface area contributed by atoms with Crippen LogP contribution in [0.5, 0.6) is 0 Å². The number of anilines is 2. The molecule has 0 fully saturated rings. The molecule has 2 nitrogen and oxygen atoms in total. The summed E-state index contributed by atoms with van der Waals surface area (Å²) in [5, 5.41) is 0. The highest BCUT2D eigenvalue weighted by Gasteiger charge is 2.60. The number of halogens is 4. The van der Waals surface area contributed by atoms with E-state index < -0.39 is 11.6 Å². The first kappa shape index (κ1) is 15.5. The van der Waals surface area contributed by atoms with Gasteiger partial charge in [-0.3, -0.25) is 9.40 Å². The van der Waals surface area contributed by atoms with Crippen molar-refractivity contribution in [2.24, 2.45) is 0 Å². The molecule has 1 aliphatic heterocycles. The third-order valence-corrected chi connectivity index (χ3v) is 4.98. The summed E-state index contributed by atoms with van der Waals surface area (Å²) >= 11 is 7.43. The van der Waals surface area contributed by atoms with E-state index in [0.29, 0.717) is 5.69 Å². The molecule has 0 radical (unpaired) electrons. The van der Waals surface area contributed by atoms with E-state index in [1.165, 1.54) is 28.9 Å². The topological polar surface area (TPSA) is 16.1 Å². The molecule has 1 atom stereocenters. The van der Waals surface area contributed by atoms with Crippen LogP contribution in [0.4, 0.5) is 24.5 Å². The minimum atomic E-state index is -4.44. The number of hydrogen-bond donors (Lipinski definition) is 0. The van der Waals surface area contributed by atoms with Crippen LogP contribution in [0.1, 0.15) is 11.1 Å². The lowest BCUT2D eigenvalue weighted by Crippen LogP contribution is -2.48.